The summed E-state index contributed by atoms with van der Waals surface area (Å²) >= 11 is 0. The lowest BCUT2D eigenvalue weighted by atomic mass is 10.1. The lowest BCUT2D eigenvalue weighted by Crippen LogP contribution is -2.31. The van der Waals surface area contributed by atoms with Crippen molar-refractivity contribution in [1.29, 1.82) is 0 Å². The topological polar surface area (TPSA) is 105 Å². The second-order valence-electron chi connectivity index (χ2n) is 6.34. The highest BCUT2D eigenvalue weighted by Crippen LogP contribution is 2.38. The number of carbonyl (C=O) groups excluding carboxylic acids is 1. The first-order chi connectivity index (χ1) is 15.0. The Morgan fingerprint density at radius 2 is 1.87 bits per heavy atom. The van der Waals surface area contributed by atoms with Gasteiger partial charge in [-0.15, -0.1) is 0 Å². The molecule has 0 spiro atoms. The number of methoxy groups -OCH3 is 3. The van der Waals surface area contributed by atoms with Gasteiger partial charge in [0.05, 0.1) is 34.1 Å². The van der Waals surface area contributed by atoms with Crippen LogP contribution in [-0.2, 0) is 11.3 Å². The highest BCUT2D eigenvalue weighted by molar-refractivity contribution is 5.91. The summed E-state index contributed by atoms with van der Waals surface area (Å²) in [5.41, 5.74) is 0.976. The first kappa shape index (κ1) is 21.7. The Labute approximate surface area is 178 Å². The molecule has 0 saturated heterocycles. The number of aromatic nitrogens is 2. The summed E-state index contributed by atoms with van der Waals surface area (Å²) in [4.78, 5) is 24.2. The molecular formula is C22H23N3O6. The Bertz CT molecular complexity index is 1090. The van der Waals surface area contributed by atoms with E-state index >= 15 is 0 Å². The highest BCUT2D eigenvalue weighted by atomic mass is 16.5. The van der Waals surface area contributed by atoms with Crippen molar-refractivity contribution in [2.45, 2.75) is 6.54 Å². The predicted molar refractivity (Wildman–Crippen MR) is 114 cm³/mol. The summed E-state index contributed by atoms with van der Waals surface area (Å²) in [7, 11) is 4.57. The molecule has 1 amide bonds. The first-order valence-corrected chi connectivity index (χ1v) is 9.43. The molecule has 9 heteroatoms. The summed E-state index contributed by atoms with van der Waals surface area (Å²) in [6.07, 6.45) is 4.55. The van der Waals surface area contributed by atoms with E-state index in [-0.39, 0.29) is 24.6 Å². The lowest BCUT2D eigenvalue weighted by Gasteiger charge is -2.12. The Balaban J connectivity index is 1.62. The summed E-state index contributed by atoms with van der Waals surface area (Å²) in [6.45, 7) is 0.448. The molecule has 162 valence electrons. The third kappa shape index (κ3) is 5.33. The zero-order valence-corrected chi connectivity index (χ0v) is 17.5. The van der Waals surface area contributed by atoms with E-state index in [0.29, 0.717) is 34.3 Å². The van der Waals surface area contributed by atoms with Crippen LogP contribution in [0, 0.1) is 0 Å². The number of rotatable bonds is 9. The molecule has 0 unspecified atom stereocenters. The maximum absolute atomic E-state index is 12.2. The lowest BCUT2D eigenvalue weighted by molar-refractivity contribution is -0.116. The minimum absolute atomic E-state index is 0.219. The molecule has 31 heavy (non-hydrogen) atoms. The fourth-order valence-electron chi connectivity index (χ4n) is 2.88. The Morgan fingerprint density at radius 1 is 1.13 bits per heavy atom. The monoisotopic (exact) mass is 425 g/mol. The van der Waals surface area contributed by atoms with E-state index in [1.165, 1.54) is 44.4 Å². The molecule has 0 radical (unpaired) electrons. The van der Waals surface area contributed by atoms with Crippen molar-refractivity contribution in [3.63, 3.8) is 0 Å². The molecule has 1 N–H and O–H groups in total. The Hall–Kier alpha value is -4.01. The molecule has 0 bridgehead atoms. The van der Waals surface area contributed by atoms with E-state index in [2.05, 4.69) is 10.4 Å². The number of nitrogens with zero attached hydrogens (tertiary/aromatic N) is 2. The number of hydrogen-bond acceptors (Lipinski definition) is 7. The molecule has 2 heterocycles. The maximum atomic E-state index is 12.2. The van der Waals surface area contributed by atoms with Crippen molar-refractivity contribution >= 4 is 12.0 Å². The average molecular weight is 425 g/mol. The van der Waals surface area contributed by atoms with Crippen LogP contribution in [0.5, 0.6) is 17.2 Å². The molecule has 0 aliphatic heterocycles. The van der Waals surface area contributed by atoms with Crippen LogP contribution >= 0.6 is 0 Å². The third-order valence-electron chi connectivity index (χ3n) is 4.38. The van der Waals surface area contributed by atoms with Gasteiger partial charge >= 0.3 is 0 Å². The third-order valence-corrected chi connectivity index (χ3v) is 4.38. The molecule has 0 aliphatic carbocycles. The van der Waals surface area contributed by atoms with Gasteiger partial charge in [-0.3, -0.25) is 9.59 Å². The first-order valence-electron chi connectivity index (χ1n) is 9.43. The zero-order valence-electron chi connectivity index (χ0n) is 17.5. The number of furan rings is 1. The van der Waals surface area contributed by atoms with Crippen LogP contribution in [0.4, 0.5) is 0 Å². The van der Waals surface area contributed by atoms with Crippen LogP contribution in [0.3, 0.4) is 0 Å². The normalized spacial score (nSPS) is 10.8. The Morgan fingerprint density at radius 3 is 2.48 bits per heavy atom. The maximum Gasteiger partial charge on any atom is 0.266 e. The molecule has 0 saturated carbocycles. The van der Waals surface area contributed by atoms with Crippen LogP contribution < -0.4 is 25.1 Å². The van der Waals surface area contributed by atoms with E-state index in [4.69, 9.17) is 18.6 Å². The van der Waals surface area contributed by atoms with Gasteiger partial charge in [0.25, 0.3) is 5.56 Å². The zero-order chi connectivity index (χ0) is 22.2. The highest BCUT2D eigenvalue weighted by Gasteiger charge is 2.12. The van der Waals surface area contributed by atoms with Gasteiger partial charge in [0.2, 0.25) is 11.7 Å². The number of benzene rings is 1. The minimum atomic E-state index is -0.316. The second-order valence-corrected chi connectivity index (χ2v) is 6.34. The van der Waals surface area contributed by atoms with Crippen molar-refractivity contribution in [3.05, 3.63) is 64.7 Å². The van der Waals surface area contributed by atoms with Gasteiger partial charge in [-0.1, -0.05) is 0 Å². The number of ether oxygens (including phenoxy) is 3. The van der Waals surface area contributed by atoms with Crippen molar-refractivity contribution < 1.29 is 23.4 Å². The summed E-state index contributed by atoms with van der Waals surface area (Å²) in [5.74, 6) is 1.70. The molecule has 1 aromatic carbocycles. The van der Waals surface area contributed by atoms with Gasteiger partial charge in [-0.2, -0.15) is 5.10 Å². The number of carbonyl (C=O) groups is 1. The predicted octanol–water partition coefficient (Wildman–Crippen LogP) is 2.36. The van der Waals surface area contributed by atoms with E-state index < -0.39 is 0 Å². The molecule has 3 aromatic rings. The summed E-state index contributed by atoms with van der Waals surface area (Å²) in [5, 5.41) is 6.99. The van der Waals surface area contributed by atoms with Crippen molar-refractivity contribution in [2.75, 3.05) is 27.9 Å². The van der Waals surface area contributed by atoms with Crippen LogP contribution in [0.1, 0.15) is 5.56 Å². The van der Waals surface area contributed by atoms with Gasteiger partial charge < -0.3 is 23.9 Å². The standard InChI is InChI=1S/C22H23N3O6/c1-28-18-13-15(14-19(29-2)22(18)30-3)6-8-20(26)23-10-11-25-21(27)9-7-16(24-25)17-5-4-12-31-17/h4-9,12-14H,10-11H2,1-3H3,(H,23,26)/b8-6+. The number of hydrogen-bond donors (Lipinski definition) is 1. The molecular weight excluding hydrogens is 402 g/mol. The van der Waals surface area contributed by atoms with Gasteiger partial charge in [0, 0.05) is 18.7 Å². The van der Waals surface area contributed by atoms with Crippen LogP contribution in [-0.4, -0.2) is 43.6 Å². The van der Waals surface area contributed by atoms with E-state index in [9.17, 15) is 9.59 Å². The van der Waals surface area contributed by atoms with Gasteiger partial charge in [-0.05, 0) is 42.0 Å². The van der Waals surface area contributed by atoms with Gasteiger partial charge in [0.1, 0.15) is 5.69 Å². The molecule has 9 nitrogen and oxygen atoms in total. The average Bonchev–Trinajstić information content (AvgIpc) is 3.33. The van der Waals surface area contributed by atoms with Gasteiger partial charge in [-0.25, -0.2) is 4.68 Å². The van der Waals surface area contributed by atoms with Crippen molar-refractivity contribution in [3.8, 4) is 28.7 Å². The van der Waals surface area contributed by atoms with Crippen LogP contribution in [0.25, 0.3) is 17.5 Å². The molecule has 0 atom stereocenters. The molecule has 3 rings (SSSR count). The largest absolute Gasteiger partial charge is 0.493 e. The van der Waals surface area contributed by atoms with E-state index in [1.807, 2.05) is 0 Å². The van der Waals surface area contributed by atoms with Crippen LogP contribution in [0.2, 0.25) is 0 Å². The quantitative estimate of drug-likeness (QED) is 0.525. The van der Waals surface area contributed by atoms with Crippen LogP contribution in [0.15, 0.2) is 57.9 Å². The van der Waals surface area contributed by atoms with Crippen molar-refractivity contribution in [2.24, 2.45) is 0 Å². The summed E-state index contributed by atoms with van der Waals surface area (Å²) in [6, 6.07) is 9.97. The fraction of sp³-hybridized carbons (Fsp3) is 0.227. The Kier molecular flexibility index (Phi) is 7.10. The van der Waals surface area contributed by atoms with Crippen molar-refractivity contribution in [1.82, 2.24) is 15.1 Å². The molecule has 0 aliphatic rings. The fourth-order valence-corrected chi connectivity index (χ4v) is 2.88. The number of nitrogens with one attached hydrogen (secondary N) is 1. The summed E-state index contributed by atoms with van der Waals surface area (Å²) < 4.78 is 22.5. The second kappa shape index (κ2) is 10.1. The van der Waals surface area contributed by atoms with E-state index in [0.717, 1.165) is 0 Å². The van der Waals surface area contributed by atoms with E-state index in [1.54, 1.807) is 36.4 Å². The molecule has 2 aromatic heterocycles. The minimum Gasteiger partial charge on any atom is -0.493 e. The van der Waals surface area contributed by atoms with Gasteiger partial charge in [0.15, 0.2) is 17.3 Å². The number of amides is 1. The SMILES string of the molecule is COc1cc(/C=C/C(=O)NCCn2nc(-c3ccco3)ccc2=O)cc(OC)c1OC. The smallest absolute Gasteiger partial charge is 0.266 e. The molecule has 0 fully saturated rings.